The van der Waals surface area contributed by atoms with Crippen LogP contribution in [0.1, 0.15) is 30.0 Å². The molecule has 2 heteroatoms. The Kier molecular flexibility index (Phi) is 3.49. The Morgan fingerprint density at radius 1 is 1.00 bits per heavy atom. The smallest absolute Gasteiger partial charge is 0.0361 e. The Balaban J connectivity index is 1.96. The molecular weight excluding hydrogens is 244 g/mol. The normalized spacial score (nSPS) is 17.6. The number of nitrogens with two attached hydrogens (primary N) is 1. The highest BCUT2D eigenvalue weighted by Crippen LogP contribution is 2.32. The average molecular weight is 266 g/mol. The van der Waals surface area contributed by atoms with Crippen LogP contribution in [0.15, 0.2) is 42.5 Å². The predicted octanol–water partition coefficient (Wildman–Crippen LogP) is 3.76. The summed E-state index contributed by atoms with van der Waals surface area (Å²) >= 11 is 0. The van der Waals surface area contributed by atoms with Crippen molar-refractivity contribution < 1.29 is 0 Å². The maximum atomic E-state index is 6.25. The van der Waals surface area contributed by atoms with Crippen LogP contribution in [0.4, 0.5) is 5.69 Å². The highest BCUT2D eigenvalue weighted by molar-refractivity contribution is 5.67. The van der Waals surface area contributed by atoms with Gasteiger partial charge in [0.25, 0.3) is 0 Å². The lowest BCUT2D eigenvalue weighted by Crippen LogP contribution is -2.17. The lowest BCUT2D eigenvalue weighted by Gasteiger charge is -2.23. The van der Waals surface area contributed by atoms with E-state index in [4.69, 9.17) is 5.73 Å². The van der Waals surface area contributed by atoms with Crippen molar-refractivity contribution in [3.63, 3.8) is 0 Å². The van der Waals surface area contributed by atoms with Crippen LogP contribution in [0, 0.1) is 0 Å². The summed E-state index contributed by atoms with van der Waals surface area (Å²) in [5.41, 5.74) is 12.8. The van der Waals surface area contributed by atoms with Crippen LogP contribution < -0.4 is 10.6 Å². The van der Waals surface area contributed by atoms with Gasteiger partial charge in [0.15, 0.2) is 0 Å². The Hall–Kier alpha value is -1.80. The molecule has 20 heavy (non-hydrogen) atoms. The van der Waals surface area contributed by atoms with Crippen molar-refractivity contribution >= 4 is 5.69 Å². The quantitative estimate of drug-likeness (QED) is 0.897. The number of rotatable bonds is 2. The molecule has 2 aromatic carbocycles. The van der Waals surface area contributed by atoms with Crippen LogP contribution >= 0.6 is 0 Å². The molecule has 3 rings (SSSR count). The molecule has 2 aromatic rings. The number of hydrogen-bond acceptors (Lipinski definition) is 2. The fourth-order valence-electron chi connectivity index (χ4n) is 2.97. The van der Waals surface area contributed by atoms with Crippen molar-refractivity contribution in [2.75, 3.05) is 19.0 Å². The zero-order valence-electron chi connectivity index (χ0n) is 12.3. The number of nitrogens with zero attached hydrogens (tertiary/aromatic N) is 1. The van der Waals surface area contributed by atoms with Crippen molar-refractivity contribution in [2.45, 2.75) is 25.3 Å². The summed E-state index contributed by atoms with van der Waals surface area (Å²) in [6, 6.07) is 15.7. The van der Waals surface area contributed by atoms with Gasteiger partial charge in [-0.25, -0.2) is 0 Å². The fraction of sp³-hybridized carbons (Fsp3) is 0.333. The first-order valence-electron chi connectivity index (χ1n) is 7.31. The Bertz CT molecular complexity index is 599. The van der Waals surface area contributed by atoms with E-state index in [0.717, 1.165) is 6.42 Å². The van der Waals surface area contributed by atoms with Crippen molar-refractivity contribution in [1.29, 1.82) is 0 Å². The Morgan fingerprint density at radius 2 is 1.70 bits per heavy atom. The van der Waals surface area contributed by atoms with Gasteiger partial charge in [-0.1, -0.05) is 24.3 Å². The third kappa shape index (κ3) is 2.44. The molecule has 0 heterocycles. The van der Waals surface area contributed by atoms with Crippen LogP contribution in [-0.4, -0.2) is 14.1 Å². The van der Waals surface area contributed by atoms with Gasteiger partial charge in [-0.2, -0.15) is 0 Å². The number of anilines is 1. The van der Waals surface area contributed by atoms with Crippen LogP contribution in [0.2, 0.25) is 0 Å². The maximum absolute atomic E-state index is 6.25. The van der Waals surface area contributed by atoms with E-state index in [1.165, 1.54) is 40.8 Å². The monoisotopic (exact) mass is 266 g/mol. The van der Waals surface area contributed by atoms with Crippen molar-refractivity contribution in [3.8, 4) is 11.1 Å². The van der Waals surface area contributed by atoms with Gasteiger partial charge < -0.3 is 10.6 Å². The van der Waals surface area contributed by atoms with Gasteiger partial charge in [0.05, 0.1) is 0 Å². The minimum Gasteiger partial charge on any atom is -0.378 e. The highest BCUT2D eigenvalue weighted by atomic mass is 15.1. The molecule has 0 saturated carbocycles. The van der Waals surface area contributed by atoms with Crippen molar-refractivity contribution in [3.05, 3.63) is 53.6 Å². The molecular formula is C18H22N2. The third-order valence-electron chi connectivity index (χ3n) is 4.22. The number of hydrogen-bond donors (Lipinski definition) is 1. The van der Waals surface area contributed by atoms with Gasteiger partial charge in [-0.15, -0.1) is 0 Å². The molecule has 2 nitrogen and oxygen atoms in total. The molecule has 0 spiro atoms. The van der Waals surface area contributed by atoms with Gasteiger partial charge in [-0.3, -0.25) is 0 Å². The summed E-state index contributed by atoms with van der Waals surface area (Å²) in [5, 5.41) is 0. The molecule has 2 N–H and O–H groups in total. The van der Waals surface area contributed by atoms with Crippen LogP contribution in [0.5, 0.6) is 0 Å². The molecule has 0 radical (unpaired) electrons. The van der Waals surface area contributed by atoms with Gasteiger partial charge >= 0.3 is 0 Å². The number of fused-ring (bicyclic) bond motifs is 1. The summed E-state index contributed by atoms with van der Waals surface area (Å²) < 4.78 is 0. The summed E-state index contributed by atoms with van der Waals surface area (Å²) in [5.74, 6) is 0. The molecule has 0 amide bonds. The van der Waals surface area contributed by atoms with Crippen molar-refractivity contribution in [1.82, 2.24) is 0 Å². The Morgan fingerprint density at radius 3 is 2.40 bits per heavy atom. The molecule has 0 bridgehead atoms. The lowest BCUT2D eigenvalue weighted by molar-refractivity contribution is 0.571. The summed E-state index contributed by atoms with van der Waals surface area (Å²) in [6.45, 7) is 0. The van der Waals surface area contributed by atoms with E-state index in [9.17, 15) is 0 Å². The van der Waals surface area contributed by atoms with E-state index in [1.54, 1.807) is 0 Å². The van der Waals surface area contributed by atoms with E-state index in [-0.39, 0.29) is 6.04 Å². The second kappa shape index (κ2) is 5.29. The van der Waals surface area contributed by atoms with E-state index < -0.39 is 0 Å². The number of aryl methyl sites for hydroxylation is 1. The zero-order chi connectivity index (χ0) is 14.1. The first-order chi connectivity index (χ1) is 9.65. The molecule has 1 atom stereocenters. The van der Waals surface area contributed by atoms with Gasteiger partial charge in [0, 0.05) is 25.8 Å². The van der Waals surface area contributed by atoms with Gasteiger partial charge in [0.2, 0.25) is 0 Å². The minimum atomic E-state index is 0.208. The highest BCUT2D eigenvalue weighted by Gasteiger charge is 2.17. The molecule has 1 aliphatic rings. The second-order valence-electron chi connectivity index (χ2n) is 5.85. The largest absolute Gasteiger partial charge is 0.378 e. The van der Waals surface area contributed by atoms with E-state index in [0.29, 0.717) is 0 Å². The van der Waals surface area contributed by atoms with E-state index in [1.807, 2.05) is 0 Å². The number of benzene rings is 2. The summed E-state index contributed by atoms with van der Waals surface area (Å²) in [4.78, 5) is 2.12. The summed E-state index contributed by atoms with van der Waals surface area (Å²) in [7, 11) is 4.12. The van der Waals surface area contributed by atoms with E-state index in [2.05, 4.69) is 61.5 Å². The van der Waals surface area contributed by atoms with E-state index >= 15 is 0 Å². The topological polar surface area (TPSA) is 29.3 Å². The zero-order valence-corrected chi connectivity index (χ0v) is 12.3. The first-order valence-corrected chi connectivity index (χ1v) is 7.31. The third-order valence-corrected chi connectivity index (χ3v) is 4.22. The van der Waals surface area contributed by atoms with Crippen LogP contribution in [0.3, 0.4) is 0 Å². The van der Waals surface area contributed by atoms with Gasteiger partial charge in [-0.05, 0) is 59.7 Å². The maximum Gasteiger partial charge on any atom is 0.0361 e. The molecule has 1 aliphatic carbocycles. The second-order valence-corrected chi connectivity index (χ2v) is 5.85. The van der Waals surface area contributed by atoms with Crippen LogP contribution in [0.25, 0.3) is 11.1 Å². The molecule has 1 unspecified atom stereocenters. The average Bonchev–Trinajstić information content (AvgIpc) is 2.47. The minimum absolute atomic E-state index is 0.208. The predicted molar refractivity (Wildman–Crippen MR) is 86.1 cm³/mol. The lowest BCUT2D eigenvalue weighted by atomic mass is 9.86. The molecule has 0 saturated heterocycles. The SMILES string of the molecule is CN(C)c1ccc(-c2ccc3c(c2)C(N)CCC3)cc1. The Labute approximate surface area is 121 Å². The molecule has 104 valence electrons. The fourth-order valence-corrected chi connectivity index (χ4v) is 2.97. The summed E-state index contributed by atoms with van der Waals surface area (Å²) in [6.07, 6.45) is 3.49. The van der Waals surface area contributed by atoms with Crippen LogP contribution in [-0.2, 0) is 6.42 Å². The van der Waals surface area contributed by atoms with Gasteiger partial charge in [0.1, 0.15) is 0 Å². The van der Waals surface area contributed by atoms with Crippen molar-refractivity contribution in [2.24, 2.45) is 5.73 Å². The molecule has 0 fully saturated rings. The first kappa shape index (κ1) is 13.2. The molecule has 0 aromatic heterocycles. The standard InChI is InChI=1S/C18H22N2/c1-20(2)16-10-8-13(9-11-16)15-7-6-14-4-3-5-18(19)17(14)12-15/h6-12,18H,3-5,19H2,1-2H3. The molecule has 0 aliphatic heterocycles.